The second-order valence-corrected chi connectivity index (χ2v) is 5.82. The summed E-state index contributed by atoms with van der Waals surface area (Å²) in [4.78, 5) is 4.10. The Bertz CT molecular complexity index is 872. The van der Waals surface area contributed by atoms with Crippen molar-refractivity contribution >= 4 is 32.4 Å². The second-order valence-electron chi connectivity index (χ2n) is 4.17. The van der Waals surface area contributed by atoms with Gasteiger partial charge < -0.3 is 5.73 Å². The molecule has 0 aliphatic rings. The number of pyridine rings is 1. The molecule has 0 radical (unpaired) electrons. The maximum Gasteiger partial charge on any atom is 0.267 e. The van der Waals surface area contributed by atoms with Crippen LogP contribution in [-0.2, 0) is 10.0 Å². The fourth-order valence-electron chi connectivity index (χ4n) is 1.84. The molecule has 3 aromatic rings. The molecular formula is C12H11N5O2S. The molecule has 8 heteroatoms. The minimum atomic E-state index is -3.78. The Labute approximate surface area is 114 Å². The first-order chi connectivity index (χ1) is 9.56. The molecular weight excluding hydrogens is 278 g/mol. The summed E-state index contributed by atoms with van der Waals surface area (Å²) < 4.78 is 26.7. The number of hydrogen-bond acceptors (Lipinski definition) is 5. The molecule has 0 amide bonds. The zero-order valence-corrected chi connectivity index (χ0v) is 11.1. The van der Waals surface area contributed by atoms with Gasteiger partial charge in [-0.1, -0.05) is 18.2 Å². The lowest BCUT2D eigenvalue weighted by Crippen LogP contribution is -2.14. The van der Waals surface area contributed by atoms with Gasteiger partial charge in [-0.15, -0.1) is 0 Å². The molecule has 0 saturated carbocycles. The van der Waals surface area contributed by atoms with E-state index in [2.05, 4.69) is 19.9 Å². The number of nitrogens with two attached hydrogens (primary N) is 1. The number of fused-ring (bicyclic) bond motifs is 1. The summed E-state index contributed by atoms with van der Waals surface area (Å²) in [5, 5.41) is 6.82. The fourth-order valence-corrected chi connectivity index (χ4v) is 2.89. The Morgan fingerprint density at radius 1 is 1.20 bits per heavy atom. The van der Waals surface area contributed by atoms with Gasteiger partial charge in [0.05, 0.1) is 23.6 Å². The molecule has 0 bridgehead atoms. The van der Waals surface area contributed by atoms with E-state index in [1.165, 1.54) is 6.20 Å². The summed E-state index contributed by atoms with van der Waals surface area (Å²) >= 11 is 0. The van der Waals surface area contributed by atoms with Crippen molar-refractivity contribution in [3.8, 4) is 0 Å². The lowest BCUT2D eigenvalue weighted by Gasteiger charge is -2.07. The predicted molar refractivity (Wildman–Crippen MR) is 75.6 cm³/mol. The largest absolute Gasteiger partial charge is 0.383 e. The first-order valence-electron chi connectivity index (χ1n) is 5.73. The second kappa shape index (κ2) is 4.49. The van der Waals surface area contributed by atoms with Gasteiger partial charge >= 0.3 is 0 Å². The zero-order valence-electron chi connectivity index (χ0n) is 10.2. The number of para-hydroxylation sites is 1. The number of H-pyrrole nitrogens is 1. The number of hydrogen-bond donors (Lipinski definition) is 3. The third-order valence-electron chi connectivity index (χ3n) is 2.76. The van der Waals surface area contributed by atoms with Gasteiger partial charge in [-0.25, -0.2) is 8.42 Å². The molecule has 1 aromatic carbocycles. The molecule has 0 saturated heterocycles. The van der Waals surface area contributed by atoms with Gasteiger partial charge in [0.25, 0.3) is 10.0 Å². The summed E-state index contributed by atoms with van der Waals surface area (Å²) in [6, 6.07) is 9.13. The van der Waals surface area contributed by atoms with Crippen LogP contribution >= 0.6 is 0 Å². The number of nitrogen functional groups attached to an aromatic ring is 1. The van der Waals surface area contributed by atoms with E-state index in [0.717, 1.165) is 17.1 Å². The molecule has 2 aromatic heterocycles. The summed E-state index contributed by atoms with van der Waals surface area (Å²) in [6.07, 6.45) is 2.61. The Kier molecular flexibility index (Phi) is 2.79. The minimum absolute atomic E-state index is 0.00810. The maximum absolute atomic E-state index is 12.1. The number of sulfonamides is 1. The standard InChI is InChI=1S/C12H11N5O2S/c13-12-11(7-15-16-12)20(18,19)17-9-5-8-3-1-2-4-10(8)14-6-9/h1-7,17H,(H3,13,15,16). The SMILES string of the molecule is Nc1[nH]ncc1S(=O)(=O)Nc1cnc2ccccc2c1. The highest BCUT2D eigenvalue weighted by Crippen LogP contribution is 2.21. The Morgan fingerprint density at radius 2 is 2.00 bits per heavy atom. The van der Waals surface area contributed by atoms with Crippen LogP contribution in [0, 0.1) is 0 Å². The highest BCUT2D eigenvalue weighted by molar-refractivity contribution is 7.92. The van der Waals surface area contributed by atoms with Crippen LogP contribution in [0.3, 0.4) is 0 Å². The maximum atomic E-state index is 12.1. The number of anilines is 2. The summed E-state index contributed by atoms with van der Waals surface area (Å²) in [5.74, 6) is -0.00810. The Hall–Kier alpha value is -2.61. The van der Waals surface area contributed by atoms with Gasteiger partial charge in [0, 0.05) is 5.39 Å². The van der Waals surface area contributed by atoms with E-state index in [-0.39, 0.29) is 10.7 Å². The number of rotatable bonds is 3. The number of benzene rings is 1. The molecule has 7 nitrogen and oxygen atoms in total. The van der Waals surface area contributed by atoms with Crippen LogP contribution < -0.4 is 10.5 Å². The van der Waals surface area contributed by atoms with Crippen LogP contribution in [0.4, 0.5) is 11.5 Å². The van der Waals surface area contributed by atoms with Crippen LogP contribution in [0.5, 0.6) is 0 Å². The molecule has 0 atom stereocenters. The highest BCUT2D eigenvalue weighted by Gasteiger charge is 2.19. The lowest BCUT2D eigenvalue weighted by atomic mass is 10.2. The molecule has 2 heterocycles. The van der Waals surface area contributed by atoms with Crippen molar-refractivity contribution in [2.45, 2.75) is 4.90 Å². The van der Waals surface area contributed by atoms with Crippen LogP contribution in [0.25, 0.3) is 10.9 Å². The number of aromatic amines is 1. The van der Waals surface area contributed by atoms with Crippen molar-refractivity contribution in [1.82, 2.24) is 15.2 Å². The average Bonchev–Trinajstić information content (AvgIpc) is 2.85. The van der Waals surface area contributed by atoms with Crippen molar-refractivity contribution in [3.63, 3.8) is 0 Å². The van der Waals surface area contributed by atoms with E-state index >= 15 is 0 Å². The zero-order chi connectivity index (χ0) is 14.2. The van der Waals surface area contributed by atoms with Crippen LogP contribution in [-0.4, -0.2) is 23.6 Å². The first kappa shape index (κ1) is 12.4. The van der Waals surface area contributed by atoms with Crippen molar-refractivity contribution in [2.75, 3.05) is 10.5 Å². The molecule has 20 heavy (non-hydrogen) atoms. The molecule has 0 fully saturated rings. The van der Waals surface area contributed by atoms with Gasteiger partial charge in [0.1, 0.15) is 10.7 Å². The summed E-state index contributed by atoms with van der Waals surface area (Å²) in [7, 11) is -3.78. The number of nitrogens with one attached hydrogen (secondary N) is 2. The third kappa shape index (κ3) is 2.16. The van der Waals surface area contributed by atoms with E-state index in [1.807, 2.05) is 24.3 Å². The van der Waals surface area contributed by atoms with Gasteiger partial charge in [0.15, 0.2) is 0 Å². The molecule has 0 aliphatic heterocycles. The highest BCUT2D eigenvalue weighted by atomic mass is 32.2. The van der Waals surface area contributed by atoms with Gasteiger partial charge in [0.2, 0.25) is 0 Å². The van der Waals surface area contributed by atoms with Crippen molar-refractivity contribution < 1.29 is 8.42 Å². The fraction of sp³-hybridized carbons (Fsp3) is 0. The van der Waals surface area contributed by atoms with E-state index in [9.17, 15) is 8.42 Å². The quantitative estimate of drug-likeness (QED) is 0.673. The van der Waals surface area contributed by atoms with Crippen LogP contribution in [0.2, 0.25) is 0 Å². The average molecular weight is 289 g/mol. The van der Waals surface area contributed by atoms with E-state index in [4.69, 9.17) is 5.73 Å². The minimum Gasteiger partial charge on any atom is -0.383 e. The van der Waals surface area contributed by atoms with E-state index in [1.54, 1.807) is 6.07 Å². The number of aromatic nitrogens is 3. The third-order valence-corrected chi connectivity index (χ3v) is 4.17. The predicted octanol–water partition coefficient (Wildman–Crippen LogP) is 1.34. The van der Waals surface area contributed by atoms with E-state index < -0.39 is 10.0 Å². The summed E-state index contributed by atoms with van der Waals surface area (Å²) in [6.45, 7) is 0. The van der Waals surface area contributed by atoms with Gasteiger partial charge in [-0.05, 0) is 12.1 Å². The molecule has 3 rings (SSSR count). The smallest absolute Gasteiger partial charge is 0.267 e. The molecule has 102 valence electrons. The van der Waals surface area contributed by atoms with E-state index in [0.29, 0.717) is 5.69 Å². The van der Waals surface area contributed by atoms with Gasteiger partial charge in [-0.2, -0.15) is 5.10 Å². The Balaban J connectivity index is 1.99. The molecule has 0 aliphatic carbocycles. The van der Waals surface area contributed by atoms with Crippen molar-refractivity contribution in [1.29, 1.82) is 0 Å². The van der Waals surface area contributed by atoms with Crippen LogP contribution in [0.15, 0.2) is 47.6 Å². The van der Waals surface area contributed by atoms with Crippen molar-refractivity contribution in [2.24, 2.45) is 0 Å². The van der Waals surface area contributed by atoms with Crippen LogP contribution in [0.1, 0.15) is 0 Å². The summed E-state index contributed by atoms with van der Waals surface area (Å²) in [5.41, 5.74) is 6.67. The molecule has 0 unspecified atom stereocenters. The molecule has 4 N–H and O–H groups in total. The normalized spacial score (nSPS) is 11.6. The Morgan fingerprint density at radius 3 is 2.75 bits per heavy atom. The lowest BCUT2D eigenvalue weighted by molar-refractivity contribution is 0.601. The van der Waals surface area contributed by atoms with Gasteiger partial charge in [-0.3, -0.25) is 14.8 Å². The topological polar surface area (TPSA) is 114 Å². The van der Waals surface area contributed by atoms with Crippen molar-refractivity contribution in [3.05, 3.63) is 42.7 Å². The number of nitrogens with zero attached hydrogens (tertiary/aromatic N) is 2. The monoisotopic (exact) mass is 289 g/mol. The molecule has 0 spiro atoms. The first-order valence-corrected chi connectivity index (χ1v) is 7.21.